The van der Waals surface area contributed by atoms with Crippen LogP contribution in [-0.2, 0) is 6.18 Å². The first-order valence-electron chi connectivity index (χ1n) is 6.40. The average molecular weight is 358 g/mol. The molecule has 0 amide bonds. The molecule has 0 spiro atoms. The summed E-state index contributed by atoms with van der Waals surface area (Å²) >= 11 is 11.7. The zero-order chi connectivity index (χ0) is 16.6. The van der Waals surface area contributed by atoms with Gasteiger partial charge in [0.25, 0.3) is 0 Å². The van der Waals surface area contributed by atoms with E-state index in [1.54, 1.807) is 30.3 Å². The second kappa shape index (κ2) is 5.86. The molecule has 3 aromatic rings. The van der Waals surface area contributed by atoms with Gasteiger partial charge in [0.15, 0.2) is 0 Å². The van der Waals surface area contributed by atoms with Crippen molar-refractivity contribution in [3.8, 4) is 0 Å². The first kappa shape index (κ1) is 15.8. The predicted octanol–water partition coefficient (Wildman–Crippen LogP) is 5.70. The van der Waals surface area contributed by atoms with Gasteiger partial charge in [-0.1, -0.05) is 35.3 Å². The fourth-order valence-electron chi connectivity index (χ4n) is 2.01. The van der Waals surface area contributed by atoms with Gasteiger partial charge in [-0.3, -0.25) is 0 Å². The van der Waals surface area contributed by atoms with Gasteiger partial charge in [-0.2, -0.15) is 13.2 Å². The molecule has 0 aliphatic heterocycles. The van der Waals surface area contributed by atoms with E-state index in [2.05, 4.69) is 15.3 Å². The maximum absolute atomic E-state index is 13.0. The molecule has 23 heavy (non-hydrogen) atoms. The minimum Gasteiger partial charge on any atom is -0.340 e. The van der Waals surface area contributed by atoms with Crippen LogP contribution in [-0.4, -0.2) is 9.97 Å². The summed E-state index contributed by atoms with van der Waals surface area (Å²) < 4.78 is 38.9. The van der Waals surface area contributed by atoms with Gasteiger partial charge >= 0.3 is 6.18 Å². The maximum atomic E-state index is 13.0. The standard InChI is InChI=1S/C15H8Cl2F3N3/c16-10-6-5-8(7-11(10)17)21-13-9-3-1-2-4-12(9)22-14(23-13)15(18,19)20/h1-7H,(H,21,22,23). The van der Waals surface area contributed by atoms with Gasteiger partial charge in [0.2, 0.25) is 5.82 Å². The highest BCUT2D eigenvalue weighted by molar-refractivity contribution is 6.42. The molecule has 0 radical (unpaired) electrons. The SMILES string of the molecule is FC(F)(F)c1nc(Nc2ccc(Cl)c(Cl)c2)c2ccccc2n1. The van der Waals surface area contributed by atoms with Crippen molar-refractivity contribution in [3.05, 3.63) is 58.3 Å². The van der Waals surface area contributed by atoms with E-state index >= 15 is 0 Å². The first-order chi connectivity index (χ1) is 10.8. The van der Waals surface area contributed by atoms with Crippen LogP contribution in [0, 0.1) is 0 Å². The largest absolute Gasteiger partial charge is 0.451 e. The van der Waals surface area contributed by atoms with Crippen LogP contribution in [0.4, 0.5) is 24.7 Å². The Morgan fingerprint density at radius 3 is 2.35 bits per heavy atom. The van der Waals surface area contributed by atoms with Crippen LogP contribution >= 0.6 is 23.2 Å². The van der Waals surface area contributed by atoms with Gasteiger partial charge in [-0.05, 0) is 30.3 Å². The molecule has 3 rings (SSSR count). The molecule has 0 fully saturated rings. The van der Waals surface area contributed by atoms with Gasteiger partial charge in [0.1, 0.15) is 5.82 Å². The van der Waals surface area contributed by atoms with Crippen molar-refractivity contribution in [2.75, 3.05) is 5.32 Å². The number of fused-ring (bicyclic) bond motifs is 1. The Morgan fingerprint density at radius 1 is 0.913 bits per heavy atom. The molecular formula is C15H8Cl2F3N3. The van der Waals surface area contributed by atoms with Crippen molar-refractivity contribution in [3.63, 3.8) is 0 Å². The molecule has 1 aromatic heterocycles. The van der Waals surface area contributed by atoms with E-state index in [0.29, 0.717) is 16.1 Å². The summed E-state index contributed by atoms with van der Waals surface area (Å²) in [4.78, 5) is 7.15. The number of anilines is 2. The Kier molecular flexibility index (Phi) is 4.04. The molecular weight excluding hydrogens is 350 g/mol. The van der Waals surface area contributed by atoms with Crippen LogP contribution in [0.15, 0.2) is 42.5 Å². The van der Waals surface area contributed by atoms with Gasteiger partial charge in [0, 0.05) is 11.1 Å². The van der Waals surface area contributed by atoms with Gasteiger partial charge < -0.3 is 5.32 Å². The molecule has 118 valence electrons. The van der Waals surface area contributed by atoms with E-state index in [0.717, 1.165) is 0 Å². The monoisotopic (exact) mass is 357 g/mol. The Labute approximate surface area is 139 Å². The molecule has 1 N–H and O–H groups in total. The summed E-state index contributed by atoms with van der Waals surface area (Å²) in [5, 5.41) is 3.93. The molecule has 0 aliphatic carbocycles. The van der Waals surface area contributed by atoms with Gasteiger partial charge in [-0.15, -0.1) is 0 Å². The number of alkyl halides is 3. The van der Waals surface area contributed by atoms with E-state index in [4.69, 9.17) is 23.2 Å². The van der Waals surface area contributed by atoms with E-state index in [-0.39, 0.29) is 16.4 Å². The number of benzene rings is 2. The normalized spacial score (nSPS) is 11.7. The van der Waals surface area contributed by atoms with Crippen molar-refractivity contribution >= 4 is 45.6 Å². The van der Waals surface area contributed by atoms with Crippen LogP contribution in [0.1, 0.15) is 5.82 Å². The summed E-state index contributed by atoms with van der Waals surface area (Å²) in [7, 11) is 0. The molecule has 2 aromatic carbocycles. The van der Waals surface area contributed by atoms with Crippen molar-refractivity contribution in [2.45, 2.75) is 6.18 Å². The van der Waals surface area contributed by atoms with Crippen LogP contribution in [0.3, 0.4) is 0 Å². The second-order valence-electron chi connectivity index (χ2n) is 4.66. The van der Waals surface area contributed by atoms with E-state index in [1.165, 1.54) is 12.1 Å². The van der Waals surface area contributed by atoms with Gasteiger partial charge in [-0.25, -0.2) is 9.97 Å². The van der Waals surface area contributed by atoms with Crippen LogP contribution < -0.4 is 5.32 Å². The molecule has 0 saturated heterocycles. The van der Waals surface area contributed by atoms with Crippen LogP contribution in [0.5, 0.6) is 0 Å². The van der Waals surface area contributed by atoms with Crippen molar-refractivity contribution in [1.29, 1.82) is 0 Å². The topological polar surface area (TPSA) is 37.8 Å². The smallest absolute Gasteiger partial charge is 0.340 e. The third-order valence-corrected chi connectivity index (χ3v) is 3.78. The lowest BCUT2D eigenvalue weighted by Gasteiger charge is -2.12. The summed E-state index contributed by atoms with van der Waals surface area (Å²) in [5.41, 5.74) is 0.661. The Morgan fingerprint density at radius 2 is 1.65 bits per heavy atom. The third-order valence-electron chi connectivity index (χ3n) is 3.04. The number of nitrogens with zero attached hydrogens (tertiary/aromatic N) is 2. The predicted molar refractivity (Wildman–Crippen MR) is 84.3 cm³/mol. The molecule has 3 nitrogen and oxygen atoms in total. The molecule has 8 heteroatoms. The highest BCUT2D eigenvalue weighted by atomic mass is 35.5. The molecule has 1 heterocycles. The molecule has 0 aliphatic rings. The van der Waals surface area contributed by atoms with Gasteiger partial charge in [0.05, 0.1) is 15.6 Å². The molecule has 0 saturated carbocycles. The number of nitrogens with one attached hydrogen (secondary N) is 1. The lowest BCUT2D eigenvalue weighted by molar-refractivity contribution is -0.144. The second-order valence-corrected chi connectivity index (χ2v) is 5.48. The minimum atomic E-state index is -4.64. The van der Waals surface area contributed by atoms with E-state index in [9.17, 15) is 13.2 Å². The van der Waals surface area contributed by atoms with Crippen molar-refractivity contribution in [1.82, 2.24) is 9.97 Å². The minimum absolute atomic E-state index is 0.0429. The fourth-order valence-corrected chi connectivity index (χ4v) is 2.31. The molecule has 0 atom stereocenters. The highest BCUT2D eigenvalue weighted by Gasteiger charge is 2.35. The first-order valence-corrected chi connectivity index (χ1v) is 7.16. The number of rotatable bonds is 2. The number of hydrogen-bond donors (Lipinski definition) is 1. The van der Waals surface area contributed by atoms with Crippen molar-refractivity contribution < 1.29 is 13.2 Å². The lowest BCUT2D eigenvalue weighted by Crippen LogP contribution is -2.12. The number of hydrogen-bond acceptors (Lipinski definition) is 3. The maximum Gasteiger partial charge on any atom is 0.451 e. The number of halogens is 5. The van der Waals surface area contributed by atoms with Crippen LogP contribution in [0.2, 0.25) is 10.0 Å². The quantitative estimate of drug-likeness (QED) is 0.639. The number of aromatic nitrogens is 2. The fraction of sp³-hybridized carbons (Fsp3) is 0.0667. The number of para-hydroxylation sites is 1. The summed E-state index contributed by atoms with van der Waals surface area (Å²) in [5.74, 6) is -1.17. The summed E-state index contributed by atoms with van der Waals surface area (Å²) in [6.07, 6.45) is -4.64. The zero-order valence-electron chi connectivity index (χ0n) is 11.3. The van der Waals surface area contributed by atoms with E-state index < -0.39 is 12.0 Å². The highest BCUT2D eigenvalue weighted by Crippen LogP contribution is 2.32. The van der Waals surface area contributed by atoms with Crippen molar-refractivity contribution in [2.24, 2.45) is 0 Å². The zero-order valence-corrected chi connectivity index (χ0v) is 12.8. The lowest BCUT2D eigenvalue weighted by atomic mass is 10.2. The summed E-state index contributed by atoms with van der Waals surface area (Å²) in [6.45, 7) is 0. The third kappa shape index (κ3) is 3.33. The molecule has 0 bridgehead atoms. The molecule has 0 unspecified atom stereocenters. The Hall–Kier alpha value is -2.05. The average Bonchev–Trinajstić information content (AvgIpc) is 2.50. The Balaban J connectivity index is 2.13. The van der Waals surface area contributed by atoms with E-state index in [1.807, 2.05) is 0 Å². The Bertz CT molecular complexity index is 881. The summed E-state index contributed by atoms with van der Waals surface area (Å²) in [6, 6.07) is 11.1. The van der Waals surface area contributed by atoms with Crippen LogP contribution in [0.25, 0.3) is 10.9 Å².